The normalized spacial score (nSPS) is 22.6. The van der Waals surface area contributed by atoms with Crippen molar-refractivity contribution >= 4 is 22.9 Å². The molecule has 1 amide bonds. The first-order valence-corrected chi connectivity index (χ1v) is 12.2. The van der Waals surface area contributed by atoms with Crippen LogP contribution in [0.5, 0.6) is 0 Å². The van der Waals surface area contributed by atoms with E-state index in [1.165, 1.54) is 58.2 Å². The van der Waals surface area contributed by atoms with Gasteiger partial charge in [-0.2, -0.15) is 0 Å². The Morgan fingerprint density at radius 1 is 1.03 bits per heavy atom. The van der Waals surface area contributed by atoms with Gasteiger partial charge in [0.05, 0.1) is 4.88 Å². The molecule has 2 heterocycles. The van der Waals surface area contributed by atoms with E-state index in [0.717, 1.165) is 29.3 Å². The largest absolute Gasteiger partial charge is 0.305 e. The highest BCUT2D eigenvalue weighted by molar-refractivity contribution is 7.12. The zero-order valence-corrected chi connectivity index (χ0v) is 18.1. The van der Waals surface area contributed by atoms with Crippen LogP contribution in [0, 0.1) is 11.3 Å². The molecule has 3 fully saturated rings. The van der Waals surface area contributed by atoms with Crippen LogP contribution < -0.4 is 4.90 Å². The third-order valence-corrected chi connectivity index (χ3v) is 8.45. The van der Waals surface area contributed by atoms with Crippen LogP contribution in [0.25, 0.3) is 0 Å². The highest BCUT2D eigenvalue weighted by Gasteiger charge is 2.49. The van der Waals surface area contributed by atoms with Crippen LogP contribution in [0.1, 0.15) is 61.0 Å². The van der Waals surface area contributed by atoms with Crippen LogP contribution in [-0.4, -0.2) is 36.5 Å². The topological polar surface area (TPSA) is 23.6 Å². The maximum Gasteiger partial charge on any atom is 0.268 e. The van der Waals surface area contributed by atoms with Crippen LogP contribution in [0.15, 0.2) is 47.8 Å². The maximum atomic E-state index is 13.3. The van der Waals surface area contributed by atoms with E-state index in [0.29, 0.717) is 11.5 Å². The second-order valence-corrected chi connectivity index (χ2v) is 10.4. The Hall–Kier alpha value is -1.65. The summed E-state index contributed by atoms with van der Waals surface area (Å²) in [5, 5.41) is 2.00. The second kappa shape index (κ2) is 8.23. The molecule has 5 rings (SSSR count). The number of rotatable bonds is 5. The number of hydrogen-bond donors (Lipinski definition) is 0. The molecule has 0 unspecified atom stereocenters. The molecule has 1 spiro atoms. The number of nitrogens with zero attached hydrogens (tertiary/aromatic N) is 2. The summed E-state index contributed by atoms with van der Waals surface area (Å²) in [4.78, 5) is 18.9. The summed E-state index contributed by atoms with van der Waals surface area (Å²) in [7, 11) is 0. The molecule has 2 aliphatic carbocycles. The number of benzene rings is 1. The summed E-state index contributed by atoms with van der Waals surface area (Å²) in [6.45, 7) is 3.84. The molecule has 0 atom stereocenters. The molecule has 1 aromatic carbocycles. The van der Waals surface area contributed by atoms with E-state index in [4.69, 9.17) is 0 Å². The first-order valence-electron chi connectivity index (χ1n) is 11.4. The summed E-state index contributed by atoms with van der Waals surface area (Å²) in [5.74, 6) is 1.12. The van der Waals surface area contributed by atoms with Gasteiger partial charge in [0.2, 0.25) is 0 Å². The van der Waals surface area contributed by atoms with Crippen molar-refractivity contribution in [2.75, 3.05) is 24.5 Å². The number of anilines is 1. The van der Waals surface area contributed by atoms with Crippen molar-refractivity contribution < 1.29 is 4.79 Å². The van der Waals surface area contributed by atoms with E-state index in [9.17, 15) is 4.79 Å². The Labute approximate surface area is 178 Å². The van der Waals surface area contributed by atoms with Crippen molar-refractivity contribution in [2.24, 2.45) is 11.3 Å². The molecule has 3 aliphatic rings. The number of carbonyl (C=O) groups is 1. The zero-order valence-electron chi connectivity index (χ0n) is 17.3. The van der Waals surface area contributed by atoms with Crippen LogP contribution >= 0.6 is 11.3 Å². The number of carbonyl (C=O) groups excluding carboxylic acids is 1. The molecule has 1 aromatic heterocycles. The van der Waals surface area contributed by atoms with Crippen molar-refractivity contribution in [3.05, 3.63) is 52.7 Å². The number of likely N-dealkylation sites (tertiary alicyclic amines) is 1. The van der Waals surface area contributed by atoms with Crippen molar-refractivity contribution in [1.29, 1.82) is 0 Å². The lowest BCUT2D eigenvalue weighted by atomic mass is 9.60. The Morgan fingerprint density at radius 3 is 2.41 bits per heavy atom. The van der Waals surface area contributed by atoms with E-state index in [-0.39, 0.29) is 5.91 Å². The number of amides is 1. The Balaban J connectivity index is 1.23. The zero-order chi connectivity index (χ0) is 19.7. The monoisotopic (exact) mass is 408 g/mol. The molecule has 2 saturated carbocycles. The Bertz CT molecular complexity index is 797. The molecule has 3 nitrogen and oxygen atoms in total. The van der Waals surface area contributed by atoms with Crippen LogP contribution in [0.4, 0.5) is 5.69 Å². The van der Waals surface area contributed by atoms with Gasteiger partial charge in [0, 0.05) is 18.3 Å². The number of piperidine rings is 1. The van der Waals surface area contributed by atoms with Gasteiger partial charge in [-0.15, -0.1) is 11.3 Å². The number of thiophene rings is 1. The standard InChI is InChI=1S/C25H32N2OS/c28-24(23-11-6-16-29-23)27(21-9-2-1-3-10-21)22-17-25(18-22)12-14-26(15-13-25)19-20-7-4-5-8-20/h1-3,6,9-11,16,20,22H,4-5,7-8,12-15,17-19H2. The fourth-order valence-corrected chi connectivity index (χ4v) is 6.56. The van der Waals surface area contributed by atoms with Crippen LogP contribution in [0.3, 0.4) is 0 Å². The number of para-hydroxylation sites is 1. The first-order chi connectivity index (χ1) is 14.2. The summed E-state index contributed by atoms with van der Waals surface area (Å²) in [6.07, 6.45) is 10.7. The van der Waals surface area contributed by atoms with E-state index in [1.807, 2.05) is 35.7 Å². The van der Waals surface area contributed by atoms with Crippen LogP contribution in [-0.2, 0) is 0 Å². The van der Waals surface area contributed by atoms with Gasteiger partial charge in [-0.3, -0.25) is 4.79 Å². The molecule has 154 valence electrons. The van der Waals surface area contributed by atoms with E-state index in [1.54, 1.807) is 11.3 Å². The Morgan fingerprint density at radius 2 is 1.76 bits per heavy atom. The summed E-state index contributed by atoms with van der Waals surface area (Å²) in [6, 6.07) is 14.6. The molecule has 29 heavy (non-hydrogen) atoms. The van der Waals surface area contributed by atoms with Gasteiger partial charge in [-0.05, 0) is 86.5 Å². The molecule has 0 bridgehead atoms. The lowest BCUT2D eigenvalue weighted by molar-refractivity contribution is 0.0111. The highest BCUT2D eigenvalue weighted by atomic mass is 32.1. The molecule has 0 radical (unpaired) electrons. The Kier molecular flexibility index (Phi) is 5.49. The van der Waals surface area contributed by atoms with Crippen molar-refractivity contribution in [3.63, 3.8) is 0 Å². The third kappa shape index (κ3) is 4.02. The van der Waals surface area contributed by atoms with Crippen molar-refractivity contribution in [2.45, 2.75) is 57.4 Å². The lowest BCUT2D eigenvalue weighted by Gasteiger charge is -2.55. The van der Waals surface area contributed by atoms with Gasteiger partial charge in [0.25, 0.3) is 5.91 Å². The minimum absolute atomic E-state index is 0.171. The minimum Gasteiger partial charge on any atom is -0.305 e. The summed E-state index contributed by atoms with van der Waals surface area (Å²) >= 11 is 1.55. The second-order valence-electron chi connectivity index (χ2n) is 9.50. The molecular weight excluding hydrogens is 376 g/mol. The fraction of sp³-hybridized carbons (Fsp3) is 0.560. The predicted octanol–water partition coefficient (Wildman–Crippen LogP) is 5.83. The van der Waals surface area contributed by atoms with Gasteiger partial charge in [0.15, 0.2) is 0 Å². The maximum absolute atomic E-state index is 13.3. The van der Waals surface area contributed by atoms with Gasteiger partial charge in [-0.25, -0.2) is 0 Å². The molecule has 1 saturated heterocycles. The van der Waals surface area contributed by atoms with Crippen molar-refractivity contribution in [3.8, 4) is 0 Å². The summed E-state index contributed by atoms with van der Waals surface area (Å²) in [5.41, 5.74) is 1.52. The fourth-order valence-electron chi connectivity index (χ4n) is 5.90. The van der Waals surface area contributed by atoms with Crippen molar-refractivity contribution in [1.82, 2.24) is 4.90 Å². The average molecular weight is 409 g/mol. The minimum atomic E-state index is 0.171. The highest BCUT2D eigenvalue weighted by Crippen LogP contribution is 2.52. The molecule has 4 heteroatoms. The smallest absolute Gasteiger partial charge is 0.268 e. The van der Waals surface area contributed by atoms with Gasteiger partial charge >= 0.3 is 0 Å². The van der Waals surface area contributed by atoms with E-state index >= 15 is 0 Å². The molecule has 2 aromatic rings. The van der Waals surface area contributed by atoms with E-state index in [2.05, 4.69) is 21.9 Å². The lowest BCUT2D eigenvalue weighted by Crippen LogP contribution is -2.56. The summed E-state index contributed by atoms with van der Waals surface area (Å²) < 4.78 is 0. The average Bonchev–Trinajstić information content (AvgIpc) is 3.43. The number of hydrogen-bond acceptors (Lipinski definition) is 3. The third-order valence-electron chi connectivity index (χ3n) is 7.60. The molecular formula is C25H32N2OS. The molecule has 1 aliphatic heterocycles. The SMILES string of the molecule is O=C(c1cccs1)N(c1ccccc1)C1CC2(CCN(CC3CCCC3)CC2)C1. The van der Waals surface area contributed by atoms with Gasteiger partial charge in [0.1, 0.15) is 0 Å². The van der Waals surface area contributed by atoms with E-state index < -0.39 is 0 Å². The van der Waals surface area contributed by atoms with Gasteiger partial charge < -0.3 is 9.80 Å². The first kappa shape index (κ1) is 19.3. The van der Waals surface area contributed by atoms with Crippen LogP contribution in [0.2, 0.25) is 0 Å². The predicted molar refractivity (Wildman–Crippen MR) is 121 cm³/mol. The van der Waals surface area contributed by atoms with Gasteiger partial charge in [-0.1, -0.05) is 37.1 Å². The molecule has 0 N–H and O–H groups in total. The quantitative estimate of drug-likeness (QED) is 0.621.